The van der Waals surface area contributed by atoms with Gasteiger partial charge in [-0.2, -0.15) is 0 Å². The first-order valence-electron chi connectivity index (χ1n) is 9.25. The Bertz CT molecular complexity index is 755. The summed E-state index contributed by atoms with van der Waals surface area (Å²) in [5.74, 6) is 0.661. The average Bonchev–Trinajstić information content (AvgIpc) is 2.65. The first-order valence-corrected chi connectivity index (χ1v) is 9.25. The smallest absolute Gasteiger partial charge is 0.243 e. The van der Waals surface area contributed by atoms with Crippen LogP contribution in [0.5, 0.6) is 0 Å². The quantitative estimate of drug-likeness (QED) is 0.456. The van der Waals surface area contributed by atoms with Crippen LogP contribution in [0.15, 0.2) is 47.5 Å². The lowest BCUT2D eigenvalue weighted by Gasteiger charge is -2.19. The van der Waals surface area contributed by atoms with Gasteiger partial charge in [-0.3, -0.25) is 4.79 Å². The molecule has 0 aliphatic carbocycles. The third-order valence-corrected chi connectivity index (χ3v) is 4.32. The molecule has 2 N–H and O–H groups in total. The highest BCUT2D eigenvalue weighted by molar-refractivity contribution is 5.86. The molecule has 0 radical (unpaired) electrons. The molecule has 0 spiro atoms. The Hall–Kier alpha value is -2.56. The number of aliphatic imine (C=N–C) groups is 1. The molecule has 2 aromatic rings. The van der Waals surface area contributed by atoms with E-state index in [1.54, 1.807) is 19.0 Å². The maximum atomic E-state index is 11.8. The van der Waals surface area contributed by atoms with Gasteiger partial charge in [0.25, 0.3) is 0 Å². The van der Waals surface area contributed by atoms with E-state index in [2.05, 4.69) is 65.9 Å². The van der Waals surface area contributed by atoms with E-state index < -0.39 is 0 Å². The van der Waals surface area contributed by atoms with Crippen molar-refractivity contribution in [3.63, 3.8) is 0 Å². The number of carbonyl (C=O) groups is 1. The van der Waals surface area contributed by atoms with Gasteiger partial charge in [0, 0.05) is 20.6 Å². The summed E-state index contributed by atoms with van der Waals surface area (Å²) in [6.07, 6.45) is 2.17. The lowest BCUT2D eigenvalue weighted by molar-refractivity contribution is -0.127. The minimum Gasteiger partial charge on any atom is -0.356 e. The lowest BCUT2D eigenvalue weighted by atomic mass is 10.0. The van der Waals surface area contributed by atoms with Crippen LogP contribution in [-0.4, -0.2) is 44.0 Å². The second-order valence-corrected chi connectivity index (χ2v) is 6.71. The van der Waals surface area contributed by atoms with Gasteiger partial charge in [-0.05, 0) is 35.7 Å². The third-order valence-electron chi connectivity index (χ3n) is 4.32. The minimum atomic E-state index is -0.0139. The molecular weight excluding hydrogens is 324 g/mol. The molecular formula is C21H30N4O. The molecule has 0 aliphatic heterocycles. The summed E-state index contributed by atoms with van der Waals surface area (Å²) in [5.41, 5.74) is 1.19. The van der Waals surface area contributed by atoms with Gasteiger partial charge in [0.1, 0.15) is 6.54 Å². The van der Waals surface area contributed by atoms with Gasteiger partial charge in [0.2, 0.25) is 5.91 Å². The Labute approximate surface area is 156 Å². The first kappa shape index (κ1) is 19.8. The summed E-state index contributed by atoms with van der Waals surface area (Å²) in [6.45, 7) is 5.23. The van der Waals surface area contributed by atoms with E-state index in [-0.39, 0.29) is 18.5 Å². The number of guanidine groups is 1. The molecule has 1 amide bonds. The molecule has 0 bridgehead atoms. The van der Waals surface area contributed by atoms with Gasteiger partial charge < -0.3 is 15.5 Å². The lowest BCUT2D eigenvalue weighted by Crippen LogP contribution is -2.40. The summed E-state index contributed by atoms with van der Waals surface area (Å²) in [7, 11) is 3.49. The van der Waals surface area contributed by atoms with E-state index >= 15 is 0 Å². The maximum Gasteiger partial charge on any atom is 0.243 e. The summed E-state index contributed by atoms with van der Waals surface area (Å²) in [4.78, 5) is 17.8. The predicted molar refractivity (Wildman–Crippen MR) is 109 cm³/mol. The summed E-state index contributed by atoms with van der Waals surface area (Å²) in [5, 5.41) is 9.19. The number of nitrogens with zero attached hydrogens (tertiary/aromatic N) is 2. The van der Waals surface area contributed by atoms with Gasteiger partial charge in [-0.25, -0.2) is 4.99 Å². The Morgan fingerprint density at radius 1 is 1.15 bits per heavy atom. The van der Waals surface area contributed by atoms with Crippen LogP contribution in [0, 0.1) is 0 Å². The molecule has 0 saturated heterocycles. The second-order valence-electron chi connectivity index (χ2n) is 6.71. The van der Waals surface area contributed by atoms with Crippen LogP contribution in [0.1, 0.15) is 38.3 Å². The fraction of sp³-hybridized carbons (Fsp3) is 0.429. The van der Waals surface area contributed by atoms with E-state index in [0.29, 0.717) is 5.96 Å². The van der Waals surface area contributed by atoms with Crippen molar-refractivity contribution in [1.82, 2.24) is 15.5 Å². The van der Waals surface area contributed by atoms with Crippen LogP contribution in [0.3, 0.4) is 0 Å². The average molecular weight is 354 g/mol. The first-order chi connectivity index (χ1) is 12.5. The molecule has 0 aliphatic rings. The Morgan fingerprint density at radius 3 is 2.58 bits per heavy atom. The van der Waals surface area contributed by atoms with Crippen molar-refractivity contribution in [2.75, 3.05) is 27.2 Å². The predicted octanol–water partition coefficient (Wildman–Crippen LogP) is 3.32. The van der Waals surface area contributed by atoms with Crippen molar-refractivity contribution in [3.05, 3.63) is 48.0 Å². The van der Waals surface area contributed by atoms with E-state index in [4.69, 9.17) is 0 Å². The number of hydrogen-bond acceptors (Lipinski definition) is 2. The van der Waals surface area contributed by atoms with Crippen LogP contribution < -0.4 is 10.6 Å². The van der Waals surface area contributed by atoms with Crippen LogP contribution in [-0.2, 0) is 4.79 Å². The van der Waals surface area contributed by atoms with Gasteiger partial charge in [-0.1, -0.05) is 49.7 Å². The fourth-order valence-corrected chi connectivity index (χ4v) is 2.59. The standard InChI is InChI=1S/C21H30N4O/c1-5-6-13-22-21(23-15-20(26)25(3)4)24-16(2)18-12-11-17-9-7-8-10-19(17)14-18/h7-12,14,16H,5-6,13,15H2,1-4H3,(H2,22,23,24). The summed E-state index contributed by atoms with van der Waals surface area (Å²) < 4.78 is 0. The molecule has 140 valence electrons. The van der Waals surface area contributed by atoms with Gasteiger partial charge in [0.15, 0.2) is 5.96 Å². The topological polar surface area (TPSA) is 56.7 Å². The molecule has 2 rings (SSSR count). The molecule has 0 aromatic heterocycles. The molecule has 1 unspecified atom stereocenters. The Balaban J connectivity index is 2.10. The number of benzene rings is 2. The van der Waals surface area contributed by atoms with Gasteiger partial charge >= 0.3 is 0 Å². The number of amides is 1. The van der Waals surface area contributed by atoms with E-state index in [1.807, 2.05) is 6.07 Å². The van der Waals surface area contributed by atoms with Crippen LogP contribution in [0.25, 0.3) is 10.8 Å². The molecule has 5 heteroatoms. The highest BCUT2D eigenvalue weighted by Crippen LogP contribution is 2.20. The van der Waals surface area contributed by atoms with Crippen molar-refractivity contribution >= 4 is 22.6 Å². The van der Waals surface area contributed by atoms with Crippen molar-refractivity contribution in [1.29, 1.82) is 0 Å². The summed E-state index contributed by atoms with van der Waals surface area (Å²) >= 11 is 0. The highest BCUT2D eigenvalue weighted by Gasteiger charge is 2.10. The molecule has 1 atom stereocenters. The number of nitrogens with one attached hydrogen (secondary N) is 2. The monoisotopic (exact) mass is 354 g/mol. The molecule has 0 fully saturated rings. The van der Waals surface area contributed by atoms with Gasteiger partial charge in [-0.15, -0.1) is 0 Å². The van der Waals surface area contributed by atoms with Crippen molar-refractivity contribution < 1.29 is 4.79 Å². The molecule has 0 saturated carbocycles. The zero-order valence-corrected chi connectivity index (χ0v) is 16.2. The Morgan fingerprint density at radius 2 is 1.88 bits per heavy atom. The fourth-order valence-electron chi connectivity index (χ4n) is 2.59. The van der Waals surface area contributed by atoms with Crippen molar-refractivity contribution in [2.24, 2.45) is 4.99 Å². The largest absolute Gasteiger partial charge is 0.356 e. The minimum absolute atomic E-state index is 0.0139. The number of rotatable bonds is 7. The van der Waals surface area contributed by atoms with E-state index in [9.17, 15) is 4.79 Å². The van der Waals surface area contributed by atoms with E-state index in [0.717, 1.165) is 19.4 Å². The Kier molecular flexibility index (Phi) is 7.45. The highest BCUT2D eigenvalue weighted by atomic mass is 16.2. The SMILES string of the molecule is CCCCNC(=NCC(=O)N(C)C)NC(C)c1ccc2ccccc2c1. The van der Waals surface area contributed by atoms with Gasteiger partial charge in [0.05, 0.1) is 6.04 Å². The number of unbranched alkanes of at least 4 members (excludes halogenated alkanes) is 1. The second kappa shape index (κ2) is 9.80. The zero-order chi connectivity index (χ0) is 18.9. The van der Waals surface area contributed by atoms with E-state index in [1.165, 1.54) is 16.3 Å². The van der Waals surface area contributed by atoms with Crippen molar-refractivity contribution in [3.8, 4) is 0 Å². The number of carbonyl (C=O) groups excluding carboxylic acids is 1. The maximum absolute atomic E-state index is 11.8. The molecule has 0 heterocycles. The number of hydrogen-bond donors (Lipinski definition) is 2. The molecule has 2 aromatic carbocycles. The molecule has 5 nitrogen and oxygen atoms in total. The van der Waals surface area contributed by atoms with Crippen molar-refractivity contribution in [2.45, 2.75) is 32.7 Å². The van der Waals surface area contributed by atoms with Crippen LogP contribution in [0.4, 0.5) is 0 Å². The number of likely N-dealkylation sites (N-methyl/N-ethyl adjacent to an activating group) is 1. The summed E-state index contributed by atoms with van der Waals surface area (Å²) in [6, 6.07) is 14.9. The normalized spacial score (nSPS) is 12.7. The zero-order valence-electron chi connectivity index (χ0n) is 16.2. The van der Waals surface area contributed by atoms with Crippen LogP contribution >= 0.6 is 0 Å². The van der Waals surface area contributed by atoms with Crippen LogP contribution in [0.2, 0.25) is 0 Å². The number of fused-ring (bicyclic) bond motifs is 1. The molecule has 26 heavy (non-hydrogen) atoms. The third kappa shape index (κ3) is 5.76.